The summed E-state index contributed by atoms with van der Waals surface area (Å²) in [5, 5.41) is 13.2. The molecule has 0 spiro atoms. The lowest BCUT2D eigenvalue weighted by Gasteiger charge is -2.26. The number of hydrogen-bond donors (Lipinski definition) is 2. The van der Waals surface area contributed by atoms with Crippen LogP contribution >= 0.6 is 0 Å². The quantitative estimate of drug-likeness (QED) is 0.768. The molecule has 0 aliphatic heterocycles. The maximum Gasteiger partial charge on any atom is 0.228 e. The minimum Gasteiger partial charge on any atom is -0.497 e. The molecule has 0 radical (unpaired) electrons. The van der Waals surface area contributed by atoms with E-state index < -0.39 is 5.60 Å². The second-order valence-corrected chi connectivity index (χ2v) is 5.03. The summed E-state index contributed by atoms with van der Waals surface area (Å²) in [6.45, 7) is 4.00. The first kappa shape index (κ1) is 16.4. The van der Waals surface area contributed by atoms with Crippen LogP contribution in [0.5, 0.6) is 5.75 Å². The van der Waals surface area contributed by atoms with Crippen LogP contribution in [0.15, 0.2) is 18.3 Å². The highest BCUT2D eigenvalue weighted by Crippen LogP contribution is 2.24. The average molecular weight is 280 g/mol. The van der Waals surface area contributed by atoms with Crippen molar-refractivity contribution in [1.29, 1.82) is 0 Å². The lowest BCUT2D eigenvalue weighted by atomic mass is 9.89. The summed E-state index contributed by atoms with van der Waals surface area (Å²) < 4.78 is 5.07. The first-order valence-electron chi connectivity index (χ1n) is 7.05. The predicted octanol–water partition coefficient (Wildman–Crippen LogP) is 2.75. The Bertz CT molecular complexity index is 429. The van der Waals surface area contributed by atoms with Crippen molar-refractivity contribution in [2.24, 2.45) is 0 Å². The number of nitrogens with zero attached hydrogens (tertiary/aromatic N) is 1. The van der Waals surface area contributed by atoms with Crippen molar-refractivity contribution < 1.29 is 14.6 Å². The highest BCUT2D eigenvalue weighted by atomic mass is 16.5. The third kappa shape index (κ3) is 5.17. The van der Waals surface area contributed by atoms with E-state index in [9.17, 15) is 9.90 Å². The van der Waals surface area contributed by atoms with Gasteiger partial charge in [0.2, 0.25) is 5.91 Å². The molecule has 0 aliphatic rings. The second kappa shape index (κ2) is 7.85. The van der Waals surface area contributed by atoms with Crippen molar-refractivity contribution in [3.8, 4) is 5.75 Å². The average Bonchev–Trinajstić information content (AvgIpc) is 2.38. The van der Waals surface area contributed by atoms with Crippen molar-refractivity contribution in [2.75, 3.05) is 12.4 Å². The first-order chi connectivity index (χ1) is 9.53. The van der Waals surface area contributed by atoms with Gasteiger partial charge in [0.15, 0.2) is 0 Å². The fourth-order valence-corrected chi connectivity index (χ4v) is 2.32. The molecule has 0 aromatic carbocycles. The molecule has 0 saturated carbocycles. The van der Waals surface area contributed by atoms with Gasteiger partial charge in [0, 0.05) is 12.3 Å². The number of methoxy groups -OCH3 is 1. The van der Waals surface area contributed by atoms with Crippen LogP contribution in [-0.4, -0.2) is 28.7 Å². The Kier molecular flexibility index (Phi) is 6.45. The number of aromatic nitrogens is 1. The molecule has 0 bridgehead atoms. The Labute approximate surface area is 120 Å². The summed E-state index contributed by atoms with van der Waals surface area (Å²) in [6, 6.07) is 3.36. The van der Waals surface area contributed by atoms with Crippen molar-refractivity contribution in [2.45, 2.75) is 51.6 Å². The smallest absolute Gasteiger partial charge is 0.228 e. The highest BCUT2D eigenvalue weighted by molar-refractivity contribution is 5.90. The molecular formula is C15H24N2O3. The van der Waals surface area contributed by atoms with Crippen molar-refractivity contribution in [1.82, 2.24) is 4.98 Å². The largest absolute Gasteiger partial charge is 0.497 e. The summed E-state index contributed by atoms with van der Waals surface area (Å²) in [5.41, 5.74) is -0.924. The van der Waals surface area contributed by atoms with Gasteiger partial charge in [-0.1, -0.05) is 26.7 Å². The zero-order chi connectivity index (χ0) is 15.0. The van der Waals surface area contributed by atoms with Gasteiger partial charge in [-0.15, -0.1) is 0 Å². The molecule has 5 nitrogen and oxygen atoms in total. The van der Waals surface area contributed by atoms with Gasteiger partial charge >= 0.3 is 0 Å². The number of anilines is 1. The number of aliphatic hydroxyl groups is 1. The molecule has 20 heavy (non-hydrogen) atoms. The molecule has 0 fully saturated rings. The molecule has 112 valence electrons. The highest BCUT2D eigenvalue weighted by Gasteiger charge is 2.28. The molecule has 0 unspecified atom stereocenters. The summed E-state index contributed by atoms with van der Waals surface area (Å²) in [4.78, 5) is 16.1. The number of rotatable bonds is 8. The van der Waals surface area contributed by atoms with E-state index in [0.717, 1.165) is 12.8 Å². The number of amides is 1. The van der Waals surface area contributed by atoms with Crippen LogP contribution in [-0.2, 0) is 4.79 Å². The summed E-state index contributed by atoms with van der Waals surface area (Å²) >= 11 is 0. The van der Waals surface area contributed by atoms with Gasteiger partial charge in [0.25, 0.3) is 0 Å². The van der Waals surface area contributed by atoms with E-state index in [1.54, 1.807) is 25.4 Å². The first-order valence-corrected chi connectivity index (χ1v) is 7.05. The number of nitrogens with one attached hydrogen (secondary N) is 1. The molecule has 1 amide bonds. The molecule has 1 aromatic heterocycles. The van der Waals surface area contributed by atoms with Gasteiger partial charge in [-0.2, -0.15) is 0 Å². The Morgan fingerprint density at radius 3 is 2.60 bits per heavy atom. The van der Waals surface area contributed by atoms with E-state index >= 15 is 0 Å². The Morgan fingerprint density at radius 1 is 1.40 bits per heavy atom. The standard InChI is InChI=1S/C15H24N2O3/c1-4-7-15(19,8-5-2)11-14(18)17-13-10-12(20-3)6-9-16-13/h6,9-10,19H,4-5,7-8,11H2,1-3H3,(H,16,17,18). The van der Waals surface area contributed by atoms with E-state index in [1.807, 2.05) is 13.8 Å². The van der Waals surface area contributed by atoms with Gasteiger partial charge in [0.05, 0.1) is 19.1 Å². The minimum absolute atomic E-state index is 0.0908. The van der Waals surface area contributed by atoms with Gasteiger partial charge in [0.1, 0.15) is 11.6 Å². The number of pyridine rings is 1. The van der Waals surface area contributed by atoms with Crippen LogP contribution in [0.1, 0.15) is 46.0 Å². The number of ether oxygens (including phenoxy) is 1. The van der Waals surface area contributed by atoms with Crippen LogP contribution in [0.25, 0.3) is 0 Å². The van der Waals surface area contributed by atoms with Crippen molar-refractivity contribution in [3.63, 3.8) is 0 Å². The zero-order valence-corrected chi connectivity index (χ0v) is 12.5. The summed E-state index contributed by atoms with van der Waals surface area (Å²) in [5.74, 6) is 0.840. The third-order valence-corrected chi connectivity index (χ3v) is 3.15. The maximum atomic E-state index is 12.0. The molecule has 5 heteroatoms. The van der Waals surface area contributed by atoms with Crippen molar-refractivity contribution >= 4 is 11.7 Å². The van der Waals surface area contributed by atoms with E-state index in [1.165, 1.54) is 0 Å². The van der Waals surface area contributed by atoms with Gasteiger partial charge in [-0.25, -0.2) is 4.98 Å². The van der Waals surface area contributed by atoms with Crippen LogP contribution in [0, 0.1) is 0 Å². The van der Waals surface area contributed by atoms with Crippen LogP contribution in [0.3, 0.4) is 0 Å². The summed E-state index contributed by atoms with van der Waals surface area (Å²) in [6.07, 6.45) is 4.61. The summed E-state index contributed by atoms with van der Waals surface area (Å²) in [7, 11) is 1.56. The Hall–Kier alpha value is -1.62. The number of carbonyl (C=O) groups is 1. The van der Waals surface area contributed by atoms with E-state index in [0.29, 0.717) is 24.4 Å². The predicted molar refractivity (Wildman–Crippen MR) is 78.8 cm³/mol. The minimum atomic E-state index is -0.924. The SMILES string of the molecule is CCCC(O)(CCC)CC(=O)Nc1cc(OC)ccn1. The topological polar surface area (TPSA) is 71.5 Å². The van der Waals surface area contributed by atoms with Crippen LogP contribution < -0.4 is 10.1 Å². The molecule has 0 saturated heterocycles. The lowest BCUT2D eigenvalue weighted by molar-refractivity contribution is -0.121. The molecule has 1 rings (SSSR count). The molecule has 1 heterocycles. The van der Waals surface area contributed by atoms with Gasteiger partial charge in [-0.3, -0.25) is 4.79 Å². The fourth-order valence-electron chi connectivity index (χ4n) is 2.32. The van der Waals surface area contributed by atoms with Crippen molar-refractivity contribution in [3.05, 3.63) is 18.3 Å². The van der Waals surface area contributed by atoms with Crippen LogP contribution in [0.4, 0.5) is 5.82 Å². The number of carbonyl (C=O) groups excluding carboxylic acids is 1. The van der Waals surface area contributed by atoms with E-state index in [4.69, 9.17) is 4.74 Å². The van der Waals surface area contributed by atoms with E-state index in [2.05, 4.69) is 10.3 Å². The van der Waals surface area contributed by atoms with Crippen LogP contribution in [0.2, 0.25) is 0 Å². The number of hydrogen-bond acceptors (Lipinski definition) is 4. The molecule has 2 N–H and O–H groups in total. The second-order valence-electron chi connectivity index (χ2n) is 5.03. The molecule has 0 atom stereocenters. The van der Waals surface area contributed by atoms with Gasteiger partial charge < -0.3 is 15.2 Å². The molecule has 1 aromatic rings. The Morgan fingerprint density at radius 2 is 2.05 bits per heavy atom. The monoisotopic (exact) mass is 280 g/mol. The molecule has 0 aliphatic carbocycles. The third-order valence-electron chi connectivity index (χ3n) is 3.15. The normalized spacial score (nSPS) is 11.2. The maximum absolute atomic E-state index is 12.0. The lowest BCUT2D eigenvalue weighted by Crippen LogP contribution is -2.34. The van der Waals surface area contributed by atoms with E-state index in [-0.39, 0.29) is 12.3 Å². The van der Waals surface area contributed by atoms with Gasteiger partial charge in [-0.05, 0) is 18.9 Å². The zero-order valence-electron chi connectivity index (χ0n) is 12.5. The Balaban J connectivity index is 2.65. The molecular weight excluding hydrogens is 256 g/mol. The fraction of sp³-hybridized carbons (Fsp3) is 0.600.